The van der Waals surface area contributed by atoms with E-state index in [2.05, 4.69) is 39.4 Å². The third kappa shape index (κ3) is 2.80. The zero-order valence-electron chi connectivity index (χ0n) is 11.8. The van der Waals surface area contributed by atoms with Crippen LogP contribution in [0.3, 0.4) is 0 Å². The van der Waals surface area contributed by atoms with Crippen LogP contribution in [-0.4, -0.2) is 66.8 Å². The Morgan fingerprint density at radius 3 is 3.00 bits per heavy atom. The number of nitrogens with zero attached hydrogens (tertiary/aromatic N) is 4. The molecule has 6 heteroatoms. The number of piperidine rings is 1. The lowest BCUT2D eigenvalue weighted by atomic mass is 10.00. The van der Waals surface area contributed by atoms with E-state index in [1.807, 2.05) is 0 Å². The molecule has 3 rings (SSSR count). The molecule has 0 spiro atoms. The van der Waals surface area contributed by atoms with Gasteiger partial charge >= 0.3 is 0 Å². The Balaban J connectivity index is 1.72. The van der Waals surface area contributed by atoms with Crippen molar-refractivity contribution in [2.24, 2.45) is 0 Å². The highest BCUT2D eigenvalue weighted by molar-refractivity contribution is 5.02. The van der Waals surface area contributed by atoms with Gasteiger partial charge in [0.1, 0.15) is 0 Å². The van der Waals surface area contributed by atoms with Crippen LogP contribution in [0.2, 0.25) is 0 Å². The Morgan fingerprint density at radius 1 is 1.32 bits per heavy atom. The van der Waals surface area contributed by atoms with E-state index in [0.717, 1.165) is 50.9 Å². The number of aromatic nitrogens is 2. The lowest BCUT2D eigenvalue weighted by Crippen LogP contribution is -2.45. The standard InChI is InChI=1S/C13H23N5O/c1-17-6-7-18(2)11(9-17)12-15-13(19-16-12)10-4-3-5-14-8-10/h10-11,14H,3-9H2,1-2H3. The third-order valence-electron chi connectivity index (χ3n) is 4.25. The van der Waals surface area contributed by atoms with E-state index in [1.165, 1.54) is 6.42 Å². The van der Waals surface area contributed by atoms with Crippen LogP contribution in [0, 0.1) is 0 Å². The Bertz CT molecular complexity index is 415. The molecule has 0 radical (unpaired) electrons. The molecular formula is C13H23N5O. The van der Waals surface area contributed by atoms with Gasteiger partial charge in [-0.05, 0) is 33.5 Å². The highest BCUT2D eigenvalue weighted by Gasteiger charge is 2.29. The molecule has 2 aliphatic heterocycles. The van der Waals surface area contributed by atoms with E-state index in [9.17, 15) is 0 Å². The maximum atomic E-state index is 5.49. The van der Waals surface area contributed by atoms with Crippen LogP contribution < -0.4 is 5.32 Å². The van der Waals surface area contributed by atoms with Gasteiger partial charge in [-0.3, -0.25) is 4.90 Å². The van der Waals surface area contributed by atoms with Crippen molar-refractivity contribution in [3.63, 3.8) is 0 Å². The molecule has 0 aromatic carbocycles. The molecular weight excluding hydrogens is 242 g/mol. The molecule has 2 unspecified atom stereocenters. The predicted octanol–water partition coefficient (Wildman–Crippen LogP) is 0.455. The van der Waals surface area contributed by atoms with Gasteiger partial charge in [-0.25, -0.2) is 0 Å². The van der Waals surface area contributed by atoms with E-state index in [-0.39, 0.29) is 6.04 Å². The van der Waals surface area contributed by atoms with Crippen molar-refractivity contribution in [3.05, 3.63) is 11.7 Å². The maximum Gasteiger partial charge on any atom is 0.231 e. The van der Waals surface area contributed by atoms with Gasteiger partial charge in [0.25, 0.3) is 0 Å². The van der Waals surface area contributed by atoms with Gasteiger partial charge in [0.05, 0.1) is 12.0 Å². The van der Waals surface area contributed by atoms with Gasteiger partial charge in [0, 0.05) is 26.2 Å². The molecule has 1 aromatic heterocycles. The van der Waals surface area contributed by atoms with Gasteiger partial charge in [-0.2, -0.15) is 4.98 Å². The largest absolute Gasteiger partial charge is 0.339 e. The van der Waals surface area contributed by atoms with Crippen LogP contribution in [0.15, 0.2) is 4.52 Å². The summed E-state index contributed by atoms with van der Waals surface area (Å²) >= 11 is 0. The summed E-state index contributed by atoms with van der Waals surface area (Å²) in [5.41, 5.74) is 0. The first kappa shape index (κ1) is 13.0. The van der Waals surface area contributed by atoms with E-state index in [0.29, 0.717) is 5.92 Å². The molecule has 2 aliphatic rings. The molecule has 2 fully saturated rings. The monoisotopic (exact) mass is 265 g/mol. The summed E-state index contributed by atoms with van der Waals surface area (Å²) in [7, 11) is 4.28. The number of piperazine rings is 1. The molecule has 1 N–H and O–H groups in total. The molecule has 2 saturated heterocycles. The topological polar surface area (TPSA) is 57.4 Å². The third-order valence-corrected chi connectivity index (χ3v) is 4.25. The van der Waals surface area contributed by atoms with E-state index in [1.54, 1.807) is 0 Å². The lowest BCUT2D eigenvalue weighted by Gasteiger charge is -2.35. The minimum atomic E-state index is 0.257. The van der Waals surface area contributed by atoms with E-state index in [4.69, 9.17) is 4.52 Å². The van der Waals surface area contributed by atoms with Gasteiger partial charge in [-0.15, -0.1) is 0 Å². The first-order valence-electron chi connectivity index (χ1n) is 7.17. The average molecular weight is 265 g/mol. The fraction of sp³-hybridized carbons (Fsp3) is 0.846. The Hall–Kier alpha value is -0.980. The Kier molecular flexibility index (Phi) is 3.81. The summed E-state index contributed by atoms with van der Waals surface area (Å²) in [6, 6.07) is 0.257. The molecule has 2 atom stereocenters. The first-order chi connectivity index (χ1) is 9.24. The molecule has 1 aromatic rings. The fourth-order valence-corrected chi connectivity index (χ4v) is 2.90. The molecule has 19 heavy (non-hydrogen) atoms. The zero-order chi connectivity index (χ0) is 13.2. The minimum Gasteiger partial charge on any atom is -0.339 e. The maximum absolute atomic E-state index is 5.49. The van der Waals surface area contributed by atoms with E-state index < -0.39 is 0 Å². The van der Waals surface area contributed by atoms with Gasteiger partial charge in [0.15, 0.2) is 5.82 Å². The number of nitrogens with one attached hydrogen (secondary N) is 1. The summed E-state index contributed by atoms with van der Waals surface area (Å²) in [4.78, 5) is 9.29. The molecule has 0 aliphatic carbocycles. The van der Waals surface area contributed by atoms with Crippen LogP contribution in [0.4, 0.5) is 0 Å². The number of hydrogen-bond donors (Lipinski definition) is 1. The van der Waals surface area contributed by atoms with Crippen LogP contribution in [0.5, 0.6) is 0 Å². The van der Waals surface area contributed by atoms with Crippen molar-refractivity contribution in [1.29, 1.82) is 0 Å². The second-order valence-corrected chi connectivity index (χ2v) is 5.79. The van der Waals surface area contributed by atoms with Crippen molar-refractivity contribution in [3.8, 4) is 0 Å². The molecule has 0 saturated carbocycles. The SMILES string of the molecule is CN1CCN(C)C(c2noc(C3CCCNC3)n2)C1. The predicted molar refractivity (Wildman–Crippen MR) is 72.0 cm³/mol. The number of rotatable bonds is 2. The average Bonchev–Trinajstić information content (AvgIpc) is 2.92. The fourth-order valence-electron chi connectivity index (χ4n) is 2.90. The minimum absolute atomic E-state index is 0.257. The number of hydrogen-bond acceptors (Lipinski definition) is 6. The smallest absolute Gasteiger partial charge is 0.231 e. The molecule has 6 nitrogen and oxygen atoms in total. The van der Waals surface area contributed by atoms with Crippen molar-refractivity contribution < 1.29 is 4.52 Å². The second kappa shape index (κ2) is 5.56. The van der Waals surface area contributed by atoms with Crippen LogP contribution in [0.1, 0.15) is 36.5 Å². The normalized spacial score (nSPS) is 30.6. The Labute approximate surface area is 114 Å². The second-order valence-electron chi connectivity index (χ2n) is 5.79. The molecule has 0 bridgehead atoms. The molecule has 106 valence electrons. The Morgan fingerprint density at radius 2 is 2.21 bits per heavy atom. The van der Waals surface area contributed by atoms with Crippen molar-refractivity contribution in [2.45, 2.75) is 24.8 Å². The van der Waals surface area contributed by atoms with E-state index >= 15 is 0 Å². The molecule has 3 heterocycles. The van der Waals surface area contributed by atoms with Gasteiger partial charge in [0.2, 0.25) is 5.89 Å². The summed E-state index contributed by atoms with van der Waals surface area (Å²) in [5, 5.41) is 7.61. The lowest BCUT2D eigenvalue weighted by molar-refractivity contribution is 0.108. The highest BCUT2D eigenvalue weighted by Crippen LogP contribution is 2.25. The van der Waals surface area contributed by atoms with Gasteiger partial charge < -0.3 is 14.7 Å². The first-order valence-corrected chi connectivity index (χ1v) is 7.17. The van der Waals surface area contributed by atoms with Crippen LogP contribution in [0.25, 0.3) is 0 Å². The zero-order valence-corrected chi connectivity index (χ0v) is 11.8. The summed E-state index contributed by atoms with van der Waals surface area (Å²) in [5.74, 6) is 2.04. The van der Waals surface area contributed by atoms with Gasteiger partial charge in [-0.1, -0.05) is 5.16 Å². The van der Waals surface area contributed by atoms with Crippen LogP contribution >= 0.6 is 0 Å². The number of likely N-dealkylation sites (N-methyl/N-ethyl adjacent to an activating group) is 2. The summed E-state index contributed by atoms with van der Waals surface area (Å²) < 4.78 is 5.49. The van der Waals surface area contributed by atoms with Crippen molar-refractivity contribution >= 4 is 0 Å². The molecule has 0 amide bonds. The van der Waals surface area contributed by atoms with Crippen molar-refractivity contribution in [1.82, 2.24) is 25.3 Å². The highest BCUT2D eigenvalue weighted by atomic mass is 16.5. The quantitative estimate of drug-likeness (QED) is 0.838. The van der Waals surface area contributed by atoms with Crippen LogP contribution in [-0.2, 0) is 0 Å². The summed E-state index contributed by atoms with van der Waals surface area (Å²) in [6.45, 7) is 5.19. The van der Waals surface area contributed by atoms with Crippen molar-refractivity contribution in [2.75, 3.05) is 46.8 Å². The summed E-state index contributed by atoms with van der Waals surface area (Å²) in [6.07, 6.45) is 2.34.